The molecule has 0 saturated heterocycles. The fraction of sp³-hybridized carbons (Fsp3) is 0. The Hall–Kier alpha value is -4.32. The molecule has 1 aliphatic carbocycles. The van der Waals surface area contributed by atoms with Gasteiger partial charge in [0.1, 0.15) is 11.5 Å². The van der Waals surface area contributed by atoms with Crippen LogP contribution in [0.5, 0.6) is 11.5 Å². The van der Waals surface area contributed by atoms with Crippen molar-refractivity contribution in [1.82, 2.24) is 0 Å². The summed E-state index contributed by atoms with van der Waals surface area (Å²) in [7, 11) is 0. The van der Waals surface area contributed by atoms with Crippen LogP contribution in [-0.4, -0.2) is 21.7 Å². The lowest BCUT2D eigenvalue weighted by Crippen LogP contribution is -2.22. The number of nitrogens with zero attached hydrogens (tertiary/aromatic N) is 1. The molecule has 0 radical (unpaired) electrons. The Bertz CT molecular complexity index is 1150. The van der Waals surface area contributed by atoms with E-state index in [1.807, 2.05) is 30.3 Å². The summed E-state index contributed by atoms with van der Waals surface area (Å²) < 4.78 is 0. The van der Waals surface area contributed by atoms with E-state index in [1.165, 1.54) is 6.08 Å². The van der Waals surface area contributed by atoms with Crippen molar-refractivity contribution < 1.29 is 15.0 Å². The Morgan fingerprint density at radius 2 is 1.20 bits per heavy atom. The van der Waals surface area contributed by atoms with Crippen molar-refractivity contribution in [3.8, 4) is 11.5 Å². The predicted octanol–water partition coefficient (Wildman–Crippen LogP) is 4.75. The van der Waals surface area contributed by atoms with E-state index >= 15 is 0 Å². The van der Waals surface area contributed by atoms with Gasteiger partial charge in [0.05, 0.1) is 22.8 Å². The van der Waals surface area contributed by atoms with Crippen LogP contribution in [0.1, 0.15) is 0 Å². The van der Waals surface area contributed by atoms with Gasteiger partial charge >= 0.3 is 0 Å². The summed E-state index contributed by atoms with van der Waals surface area (Å²) in [6.45, 7) is 0. The van der Waals surface area contributed by atoms with Gasteiger partial charge in [-0.2, -0.15) is 0 Å². The van der Waals surface area contributed by atoms with Crippen molar-refractivity contribution in [2.45, 2.75) is 0 Å². The van der Waals surface area contributed by atoms with E-state index < -0.39 is 0 Å². The van der Waals surface area contributed by atoms with Crippen molar-refractivity contribution in [2.24, 2.45) is 4.99 Å². The molecule has 0 heterocycles. The number of phenolic OH excluding ortho intramolecular Hbond substituents is 2. The minimum Gasteiger partial charge on any atom is -0.508 e. The number of nitrogens with one attached hydrogen (secondary N) is 2. The van der Waals surface area contributed by atoms with Gasteiger partial charge in [0.15, 0.2) is 0 Å². The van der Waals surface area contributed by atoms with Crippen molar-refractivity contribution in [1.29, 1.82) is 0 Å². The molecule has 0 atom stereocenters. The SMILES string of the molecule is O=C1C=C(Nc2ccccc2)/C(=N\c2ccc(O)cc2)C=C1Nc1ccc(O)cc1. The van der Waals surface area contributed by atoms with Gasteiger partial charge in [-0.05, 0) is 66.7 Å². The van der Waals surface area contributed by atoms with Gasteiger partial charge in [-0.15, -0.1) is 0 Å². The molecule has 0 bridgehead atoms. The highest BCUT2D eigenvalue weighted by Crippen LogP contribution is 2.24. The van der Waals surface area contributed by atoms with Crippen molar-refractivity contribution in [3.63, 3.8) is 0 Å². The van der Waals surface area contributed by atoms with Crippen LogP contribution in [0.25, 0.3) is 0 Å². The maximum Gasteiger partial charge on any atom is 0.204 e. The Kier molecular flexibility index (Phi) is 5.30. The van der Waals surface area contributed by atoms with Crippen LogP contribution in [0.15, 0.2) is 107 Å². The molecule has 0 fully saturated rings. The summed E-state index contributed by atoms with van der Waals surface area (Å²) >= 11 is 0. The summed E-state index contributed by atoms with van der Waals surface area (Å²) in [5, 5.41) is 25.3. The van der Waals surface area contributed by atoms with E-state index in [9.17, 15) is 15.0 Å². The monoisotopic (exact) mass is 397 g/mol. The van der Waals surface area contributed by atoms with Crippen LogP contribution in [0.3, 0.4) is 0 Å². The quantitative estimate of drug-likeness (QED) is 0.368. The van der Waals surface area contributed by atoms with Crippen LogP contribution in [-0.2, 0) is 4.79 Å². The number of hydrogen-bond donors (Lipinski definition) is 4. The summed E-state index contributed by atoms with van der Waals surface area (Å²) in [5.41, 5.74) is 3.62. The van der Waals surface area contributed by atoms with Crippen molar-refractivity contribution in [2.75, 3.05) is 10.6 Å². The van der Waals surface area contributed by atoms with E-state index in [-0.39, 0.29) is 17.3 Å². The van der Waals surface area contributed by atoms with Gasteiger partial charge in [0.2, 0.25) is 5.78 Å². The van der Waals surface area contributed by atoms with Crippen LogP contribution >= 0.6 is 0 Å². The fourth-order valence-electron chi connectivity index (χ4n) is 2.90. The molecule has 0 saturated carbocycles. The predicted molar refractivity (Wildman–Crippen MR) is 118 cm³/mol. The molecule has 4 N–H and O–H groups in total. The number of aliphatic imine (C=N–C) groups is 1. The molecule has 0 aliphatic heterocycles. The number of hydrogen-bond acceptors (Lipinski definition) is 6. The van der Waals surface area contributed by atoms with Crippen LogP contribution in [0.2, 0.25) is 0 Å². The third-order valence-electron chi connectivity index (χ3n) is 4.40. The lowest BCUT2D eigenvalue weighted by atomic mass is 10.0. The lowest BCUT2D eigenvalue weighted by Gasteiger charge is -2.18. The van der Waals surface area contributed by atoms with Crippen molar-refractivity contribution >= 4 is 28.6 Å². The van der Waals surface area contributed by atoms with Crippen molar-refractivity contribution in [3.05, 3.63) is 102 Å². The zero-order valence-electron chi connectivity index (χ0n) is 15.9. The highest BCUT2D eigenvalue weighted by atomic mass is 16.3. The molecule has 148 valence electrons. The van der Waals surface area contributed by atoms with E-state index in [0.29, 0.717) is 28.5 Å². The minimum atomic E-state index is -0.203. The number of aromatic hydroxyl groups is 2. The molecule has 0 aromatic heterocycles. The zero-order valence-corrected chi connectivity index (χ0v) is 15.9. The molecule has 0 amide bonds. The number of rotatable bonds is 5. The Morgan fingerprint density at radius 1 is 0.633 bits per heavy atom. The molecule has 30 heavy (non-hydrogen) atoms. The Labute approximate surface area is 173 Å². The molecule has 3 aromatic carbocycles. The largest absolute Gasteiger partial charge is 0.508 e. The topological polar surface area (TPSA) is 94.0 Å². The summed E-state index contributed by atoms with van der Waals surface area (Å²) in [4.78, 5) is 17.4. The molecule has 6 nitrogen and oxygen atoms in total. The standard InChI is InChI=1S/C24H19N3O3/c28-19-10-6-17(7-11-19)26-21-14-23(27-18-8-12-20(29)13-9-18)24(30)15-22(21)25-16-4-2-1-3-5-16/h1-15,25,27-29H/b26-21-. The van der Waals surface area contributed by atoms with Gasteiger partial charge < -0.3 is 20.8 Å². The summed E-state index contributed by atoms with van der Waals surface area (Å²) in [6, 6.07) is 22.5. The molecular weight excluding hydrogens is 378 g/mol. The molecule has 0 spiro atoms. The second kappa shape index (κ2) is 8.36. The third-order valence-corrected chi connectivity index (χ3v) is 4.40. The van der Waals surface area contributed by atoms with E-state index in [2.05, 4.69) is 15.6 Å². The van der Waals surface area contributed by atoms with E-state index in [1.54, 1.807) is 54.6 Å². The van der Waals surface area contributed by atoms with Crippen LogP contribution < -0.4 is 10.6 Å². The number of phenols is 2. The first-order chi connectivity index (χ1) is 14.6. The highest BCUT2D eigenvalue weighted by Gasteiger charge is 2.19. The number of ketones is 1. The molecule has 1 aliphatic rings. The van der Waals surface area contributed by atoms with Gasteiger partial charge in [-0.25, -0.2) is 4.99 Å². The molecule has 3 aromatic rings. The maximum absolute atomic E-state index is 12.7. The average molecular weight is 397 g/mol. The molecule has 0 unspecified atom stereocenters. The maximum atomic E-state index is 12.7. The molecule has 4 rings (SSSR count). The smallest absolute Gasteiger partial charge is 0.204 e. The van der Waals surface area contributed by atoms with E-state index in [0.717, 1.165) is 5.69 Å². The minimum absolute atomic E-state index is 0.147. The normalized spacial score (nSPS) is 14.8. The highest BCUT2D eigenvalue weighted by molar-refractivity contribution is 6.24. The second-order valence-corrected chi connectivity index (χ2v) is 6.66. The Balaban J connectivity index is 1.68. The Morgan fingerprint density at radius 3 is 1.87 bits per heavy atom. The van der Waals surface area contributed by atoms with Gasteiger partial charge in [-0.1, -0.05) is 18.2 Å². The van der Waals surface area contributed by atoms with Gasteiger partial charge in [0, 0.05) is 17.5 Å². The number of para-hydroxylation sites is 1. The lowest BCUT2D eigenvalue weighted by molar-refractivity contribution is -0.111. The number of benzene rings is 3. The molecule has 6 heteroatoms. The third kappa shape index (κ3) is 4.56. The molecular formula is C24H19N3O3. The van der Waals surface area contributed by atoms with Crippen LogP contribution in [0.4, 0.5) is 17.1 Å². The second-order valence-electron chi connectivity index (χ2n) is 6.66. The first-order valence-electron chi connectivity index (χ1n) is 9.31. The number of carbonyl (C=O) groups is 1. The fourth-order valence-corrected chi connectivity index (χ4v) is 2.90. The number of allylic oxidation sites excluding steroid dienone is 2. The van der Waals surface area contributed by atoms with Crippen LogP contribution in [0, 0.1) is 0 Å². The van der Waals surface area contributed by atoms with Gasteiger partial charge in [0.25, 0.3) is 0 Å². The van der Waals surface area contributed by atoms with Gasteiger partial charge in [-0.3, -0.25) is 4.79 Å². The number of anilines is 2. The summed E-state index contributed by atoms with van der Waals surface area (Å²) in [6.07, 6.45) is 3.17. The first kappa shape index (κ1) is 19.0. The first-order valence-corrected chi connectivity index (χ1v) is 9.31. The summed E-state index contributed by atoms with van der Waals surface area (Å²) in [5.74, 6) is 0.0978. The number of carbonyl (C=O) groups excluding carboxylic acids is 1. The van der Waals surface area contributed by atoms with E-state index in [4.69, 9.17) is 0 Å². The average Bonchev–Trinajstić information content (AvgIpc) is 2.75. The zero-order chi connectivity index (χ0) is 20.9.